The summed E-state index contributed by atoms with van der Waals surface area (Å²) in [5, 5.41) is 0. The van der Waals surface area contributed by atoms with Crippen LogP contribution in [-0.2, 0) is 14.3 Å². The minimum Gasteiger partial charge on any atom is -0.447 e. The van der Waals surface area contributed by atoms with Gasteiger partial charge in [-0.1, -0.05) is 50.3 Å². The van der Waals surface area contributed by atoms with Gasteiger partial charge in [-0.05, 0) is 18.8 Å². The summed E-state index contributed by atoms with van der Waals surface area (Å²) in [6.45, 7) is 10.3. The van der Waals surface area contributed by atoms with Crippen LogP contribution in [0.3, 0.4) is 0 Å². The summed E-state index contributed by atoms with van der Waals surface area (Å²) in [5.41, 5.74) is -0.489. The molecule has 2 aliphatic heterocycles. The Balaban J connectivity index is 2.25. The Bertz CT molecular complexity index is 439. The minimum atomic E-state index is -0.510. The van der Waals surface area contributed by atoms with Crippen molar-refractivity contribution < 1.29 is 19.1 Å². The average molecular weight is 409 g/mol. The molecule has 0 bridgehead atoms. The number of imide groups is 1. The molecule has 2 fully saturated rings. The van der Waals surface area contributed by atoms with Crippen LogP contribution in [0.25, 0.3) is 0 Å². The highest BCUT2D eigenvalue weighted by Gasteiger charge is 2.59. The van der Waals surface area contributed by atoms with Crippen molar-refractivity contribution in [2.75, 3.05) is 11.0 Å². The van der Waals surface area contributed by atoms with Gasteiger partial charge in [0.05, 0.1) is 23.7 Å². The first kappa shape index (κ1) is 17.0. The molecular weight excluding hydrogens is 385 g/mol. The standard InChI is InChI=1S/C15H24INO4/c1-8(2)10-6-20-14(19)17(10)13(18)11-12(9(3)4)21-15(11,5)7-16/h8-12H,6-7H2,1-5H3/t10-,11+,12-,15+/m1/s1. The van der Waals surface area contributed by atoms with Crippen molar-refractivity contribution in [3.63, 3.8) is 0 Å². The Morgan fingerprint density at radius 3 is 2.48 bits per heavy atom. The van der Waals surface area contributed by atoms with Crippen LogP contribution in [0.4, 0.5) is 4.79 Å². The second-order valence-corrected chi connectivity index (χ2v) is 7.61. The number of hydrogen-bond donors (Lipinski definition) is 0. The number of ether oxygens (including phenoxy) is 2. The lowest BCUT2D eigenvalue weighted by Gasteiger charge is -2.54. The molecule has 0 aromatic heterocycles. The predicted molar refractivity (Wildman–Crippen MR) is 87.3 cm³/mol. The van der Waals surface area contributed by atoms with Crippen molar-refractivity contribution in [1.29, 1.82) is 0 Å². The molecule has 0 aliphatic carbocycles. The average Bonchev–Trinajstić information content (AvgIpc) is 2.77. The molecule has 2 saturated heterocycles. The second-order valence-electron chi connectivity index (χ2n) is 6.85. The summed E-state index contributed by atoms with van der Waals surface area (Å²) >= 11 is 2.24. The highest BCUT2D eigenvalue weighted by Crippen LogP contribution is 2.45. The maximum atomic E-state index is 13.0. The Morgan fingerprint density at radius 2 is 2.00 bits per heavy atom. The lowest BCUT2D eigenvalue weighted by atomic mass is 9.74. The fourth-order valence-electron chi connectivity index (χ4n) is 3.09. The third-order valence-corrected chi connectivity index (χ3v) is 6.01. The van der Waals surface area contributed by atoms with E-state index in [1.165, 1.54) is 4.90 Å². The monoisotopic (exact) mass is 409 g/mol. The number of hydrogen-bond acceptors (Lipinski definition) is 4. The normalized spacial score (nSPS) is 36.1. The van der Waals surface area contributed by atoms with E-state index in [1.54, 1.807) is 0 Å². The topological polar surface area (TPSA) is 55.8 Å². The molecule has 5 nitrogen and oxygen atoms in total. The number of halogens is 1. The van der Waals surface area contributed by atoms with Crippen LogP contribution in [-0.4, -0.2) is 45.7 Å². The van der Waals surface area contributed by atoms with E-state index in [0.29, 0.717) is 6.61 Å². The Kier molecular flexibility index (Phi) is 4.87. The quantitative estimate of drug-likeness (QED) is 0.530. The number of nitrogens with zero attached hydrogens (tertiary/aromatic N) is 1. The summed E-state index contributed by atoms with van der Waals surface area (Å²) in [6.07, 6.45) is -0.637. The van der Waals surface area contributed by atoms with Crippen molar-refractivity contribution in [1.82, 2.24) is 4.90 Å². The third-order valence-electron chi connectivity index (χ3n) is 4.49. The molecule has 0 N–H and O–H groups in total. The fourth-order valence-corrected chi connectivity index (χ4v) is 3.75. The summed E-state index contributed by atoms with van der Waals surface area (Å²) in [7, 11) is 0. The molecule has 2 amide bonds. The van der Waals surface area contributed by atoms with Gasteiger partial charge in [0.25, 0.3) is 0 Å². The molecule has 0 unspecified atom stereocenters. The zero-order chi connectivity index (χ0) is 15.9. The number of carbonyl (C=O) groups excluding carboxylic acids is 2. The zero-order valence-electron chi connectivity index (χ0n) is 13.3. The lowest BCUT2D eigenvalue weighted by molar-refractivity contribution is -0.249. The van der Waals surface area contributed by atoms with E-state index in [4.69, 9.17) is 9.47 Å². The number of carbonyl (C=O) groups is 2. The maximum absolute atomic E-state index is 13.0. The molecule has 21 heavy (non-hydrogen) atoms. The molecule has 2 heterocycles. The zero-order valence-corrected chi connectivity index (χ0v) is 15.4. The van der Waals surface area contributed by atoms with Crippen LogP contribution in [0.5, 0.6) is 0 Å². The van der Waals surface area contributed by atoms with Gasteiger partial charge in [-0.3, -0.25) is 4.79 Å². The first-order valence-corrected chi connectivity index (χ1v) is 8.99. The van der Waals surface area contributed by atoms with Gasteiger partial charge in [-0.25, -0.2) is 9.69 Å². The van der Waals surface area contributed by atoms with E-state index in [0.717, 1.165) is 4.43 Å². The first-order valence-electron chi connectivity index (χ1n) is 7.46. The predicted octanol–water partition coefficient (Wildman–Crippen LogP) is 2.85. The molecule has 0 saturated carbocycles. The second kappa shape index (κ2) is 6.02. The maximum Gasteiger partial charge on any atom is 0.416 e. The van der Waals surface area contributed by atoms with Crippen molar-refractivity contribution >= 4 is 34.6 Å². The van der Waals surface area contributed by atoms with E-state index in [9.17, 15) is 9.59 Å². The Hall–Kier alpha value is -0.370. The lowest BCUT2D eigenvalue weighted by Crippen LogP contribution is -2.67. The number of amides is 2. The van der Waals surface area contributed by atoms with E-state index in [-0.39, 0.29) is 35.8 Å². The van der Waals surface area contributed by atoms with Gasteiger partial charge in [0.1, 0.15) is 6.61 Å². The van der Waals surface area contributed by atoms with Crippen LogP contribution in [0, 0.1) is 17.8 Å². The number of cyclic esters (lactones) is 1. The number of alkyl halides is 1. The van der Waals surface area contributed by atoms with Crippen LogP contribution >= 0.6 is 22.6 Å². The van der Waals surface area contributed by atoms with Gasteiger partial charge in [0.2, 0.25) is 5.91 Å². The summed E-state index contributed by atoms with van der Waals surface area (Å²) in [4.78, 5) is 26.3. The Morgan fingerprint density at radius 1 is 1.38 bits per heavy atom. The SMILES string of the molecule is CC(C)[C@H]1O[C@@](C)(CI)[C@@H]1C(=O)N1C(=O)OC[C@@H]1C(C)C. The first-order chi connectivity index (χ1) is 9.73. The highest BCUT2D eigenvalue weighted by molar-refractivity contribution is 14.1. The van der Waals surface area contributed by atoms with Gasteiger partial charge >= 0.3 is 6.09 Å². The van der Waals surface area contributed by atoms with Gasteiger partial charge in [-0.15, -0.1) is 0 Å². The van der Waals surface area contributed by atoms with Crippen LogP contribution in [0.2, 0.25) is 0 Å². The van der Waals surface area contributed by atoms with Gasteiger partial charge < -0.3 is 9.47 Å². The molecule has 0 radical (unpaired) electrons. The largest absolute Gasteiger partial charge is 0.447 e. The molecule has 4 atom stereocenters. The van der Waals surface area contributed by atoms with Gasteiger partial charge in [-0.2, -0.15) is 0 Å². The number of rotatable bonds is 4. The van der Waals surface area contributed by atoms with Crippen LogP contribution in [0.15, 0.2) is 0 Å². The van der Waals surface area contributed by atoms with Crippen molar-refractivity contribution in [2.24, 2.45) is 17.8 Å². The summed E-state index contributed by atoms with van der Waals surface area (Å²) < 4.78 is 11.8. The highest BCUT2D eigenvalue weighted by atomic mass is 127. The van der Waals surface area contributed by atoms with Crippen molar-refractivity contribution in [3.05, 3.63) is 0 Å². The summed E-state index contributed by atoms with van der Waals surface area (Å²) in [5.74, 6) is 0.0115. The summed E-state index contributed by atoms with van der Waals surface area (Å²) in [6, 6.07) is -0.170. The molecular formula is C15H24INO4. The van der Waals surface area contributed by atoms with Crippen molar-refractivity contribution in [3.8, 4) is 0 Å². The van der Waals surface area contributed by atoms with Crippen molar-refractivity contribution in [2.45, 2.75) is 52.4 Å². The van der Waals surface area contributed by atoms with E-state index < -0.39 is 11.7 Å². The molecule has 0 spiro atoms. The molecule has 2 rings (SSSR count). The fraction of sp³-hybridized carbons (Fsp3) is 0.867. The molecule has 0 aromatic carbocycles. The molecule has 0 aromatic rings. The van der Waals surface area contributed by atoms with Crippen LogP contribution < -0.4 is 0 Å². The molecule has 6 heteroatoms. The van der Waals surface area contributed by atoms with E-state index in [1.807, 2.05) is 34.6 Å². The Labute approximate surface area is 139 Å². The molecule has 120 valence electrons. The van der Waals surface area contributed by atoms with Crippen LogP contribution in [0.1, 0.15) is 34.6 Å². The molecule has 2 aliphatic rings. The minimum absolute atomic E-state index is 0.126. The third kappa shape index (κ3) is 2.81. The van der Waals surface area contributed by atoms with E-state index >= 15 is 0 Å². The van der Waals surface area contributed by atoms with Gasteiger partial charge in [0, 0.05) is 4.43 Å². The van der Waals surface area contributed by atoms with E-state index in [2.05, 4.69) is 22.6 Å². The smallest absolute Gasteiger partial charge is 0.416 e. The van der Waals surface area contributed by atoms with Gasteiger partial charge in [0.15, 0.2) is 0 Å².